The zero-order valence-corrected chi connectivity index (χ0v) is 19.6. The Hall–Kier alpha value is -1.55. The van der Waals surface area contributed by atoms with Crippen molar-refractivity contribution in [3.8, 4) is 0 Å². The third-order valence-electron chi connectivity index (χ3n) is 4.43. The smallest absolute Gasteiger partial charge is 0.263 e. The number of benzene rings is 2. The van der Waals surface area contributed by atoms with Crippen LogP contribution in [0.2, 0.25) is 10.0 Å². The van der Waals surface area contributed by atoms with Crippen molar-refractivity contribution in [1.29, 1.82) is 0 Å². The molecule has 10 heteroatoms. The van der Waals surface area contributed by atoms with E-state index in [-0.39, 0.29) is 0 Å². The van der Waals surface area contributed by atoms with Crippen molar-refractivity contribution in [1.82, 2.24) is 0 Å². The predicted octanol–water partition coefficient (Wildman–Crippen LogP) is 5.85. The summed E-state index contributed by atoms with van der Waals surface area (Å²) in [4.78, 5) is 1.09. The Morgan fingerprint density at radius 3 is 2.67 bits per heavy atom. The highest BCUT2D eigenvalue weighted by molar-refractivity contribution is 8.03. The lowest BCUT2D eigenvalue weighted by Gasteiger charge is -2.04. The van der Waals surface area contributed by atoms with Crippen molar-refractivity contribution in [3.05, 3.63) is 68.1 Å². The van der Waals surface area contributed by atoms with Gasteiger partial charge in [-0.15, -0.1) is 0 Å². The Morgan fingerprint density at radius 2 is 1.93 bits per heavy atom. The number of aromatic nitrogens is 1. The lowest BCUT2D eigenvalue weighted by atomic mass is 10.2. The number of halogens is 2. The van der Waals surface area contributed by atoms with E-state index in [9.17, 15) is 13.0 Å². The molecule has 156 valence electrons. The predicted molar refractivity (Wildman–Crippen MR) is 124 cm³/mol. The molecule has 0 atom stereocenters. The molecule has 0 fully saturated rings. The molecule has 3 aromatic rings. The van der Waals surface area contributed by atoms with Gasteiger partial charge in [-0.05, 0) is 48.4 Å². The van der Waals surface area contributed by atoms with Gasteiger partial charge < -0.3 is 9.87 Å². The summed E-state index contributed by atoms with van der Waals surface area (Å²) in [5.41, 5.74) is 2.56. The highest BCUT2D eigenvalue weighted by atomic mass is 35.5. The molecule has 0 bridgehead atoms. The summed E-state index contributed by atoms with van der Waals surface area (Å²) >= 11 is 15.2. The molecule has 1 N–H and O–H groups in total. The van der Waals surface area contributed by atoms with Gasteiger partial charge in [-0.1, -0.05) is 53.2 Å². The number of thioether (sulfide) groups is 1. The van der Waals surface area contributed by atoms with Crippen molar-refractivity contribution in [2.24, 2.45) is 0 Å². The van der Waals surface area contributed by atoms with Crippen LogP contribution in [0.5, 0.6) is 0 Å². The number of allylic oxidation sites excluding steroid dienone is 2. The van der Waals surface area contributed by atoms with Gasteiger partial charge in [-0.3, -0.25) is 0 Å². The molecule has 0 radical (unpaired) electrons. The first-order valence-electron chi connectivity index (χ1n) is 8.94. The van der Waals surface area contributed by atoms with Crippen molar-refractivity contribution >= 4 is 78.4 Å². The second kappa shape index (κ2) is 8.53. The molecule has 0 saturated heterocycles. The van der Waals surface area contributed by atoms with Crippen molar-refractivity contribution in [2.75, 3.05) is 5.32 Å². The summed E-state index contributed by atoms with van der Waals surface area (Å²) in [7, 11) is -4.48. The zero-order chi connectivity index (χ0) is 21.5. The van der Waals surface area contributed by atoms with Crippen LogP contribution in [0.4, 0.5) is 5.69 Å². The fourth-order valence-electron chi connectivity index (χ4n) is 3.08. The van der Waals surface area contributed by atoms with E-state index in [4.69, 9.17) is 23.2 Å². The number of hydrogen-bond acceptors (Lipinski definition) is 6. The number of anilines is 1. The van der Waals surface area contributed by atoms with Crippen LogP contribution in [0.15, 0.2) is 58.0 Å². The number of nitrogens with zero attached hydrogens (tertiary/aromatic N) is 1. The minimum absolute atomic E-state index is 0.480. The van der Waals surface area contributed by atoms with Gasteiger partial charge >= 0.3 is 0 Å². The number of fused-ring (bicyclic) bond motifs is 2. The Morgan fingerprint density at radius 1 is 1.20 bits per heavy atom. The van der Waals surface area contributed by atoms with Gasteiger partial charge in [0, 0.05) is 27.1 Å². The monoisotopic (exact) mass is 498 g/mol. The van der Waals surface area contributed by atoms with Crippen LogP contribution in [0.1, 0.15) is 18.4 Å². The zero-order valence-electron chi connectivity index (χ0n) is 15.7. The number of rotatable bonds is 5. The van der Waals surface area contributed by atoms with Crippen LogP contribution in [0, 0.1) is 0 Å². The van der Waals surface area contributed by atoms with Crippen molar-refractivity contribution in [3.63, 3.8) is 0 Å². The summed E-state index contributed by atoms with van der Waals surface area (Å²) in [6, 6.07) is 10.9. The van der Waals surface area contributed by atoms with Gasteiger partial charge in [-0.25, -0.2) is 8.42 Å². The molecule has 0 unspecified atom stereocenters. The number of thiazole rings is 1. The topological polar surface area (TPSA) is 73.1 Å². The van der Waals surface area contributed by atoms with Gasteiger partial charge in [0.2, 0.25) is 11.4 Å². The fraction of sp³-hybridized carbons (Fsp3) is 0.150. The van der Waals surface area contributed by atoms with Gasteiger partial charge in [0.15, 0.2) is 10.1 Å². The summed E-state index contributed by atoms with van der Waals surface area (Å²) < 4.78 is 36.9. The van der Waals surface area contributed by atoms with Gasteiger partial charge in [0.05, 0.1) is 10.7 Å². The molecule has 0 amide bonds. The summed E-state index contributed by atoms with van der Waals surface area (Å²) in [6.07, 6.45) is 4.66. The van der Waals surface area contributed by atoms with Crippen LogP contribution in [0.25, 0.3) is 16.3 Å². The van der Waals surface area contributed by atoms with E-state index in [0.717, 1.165) is 32.3 Å². The maximum atomic E-state index is 11.5. The van der Waals surface area contributed by atoms with E-state index in [1.165, 1.54) is 15.9 Å². The summed E-state index contributed by atoms with van der Waals surface area (Å²) in [6.45, 7) is 2.02. The molecule has 1 aliphatic rings. The number of nitrogens with one attached hydrogen (secondary N) is 1. The summed E-state index contributed by atoms with van der Waals surface area (Å²) in [5, 5.41) is 6.11. The molecule has 4 rings (SSSR count). The molecule has 2 heterocycles. The van der Waals surface area contributed by atoms with E-state index >= 15 is 0 Å². The van der Waals surface area contributed by atoms with E-state index < -0.39 is 16.0 Å². The molecular weight excluding hydrogens is 483 g/mol. The highest BCUT2D eigenvalue weighted by Gasteiger charge is 2.22. The second-order valence-corrected chi connectivity index (χ2v) is 11.0. The Labute approximate surface area is 192 Å². The molecule has 2 aromatic carbocycles. The Balaban J connectivity index is 1.75. The first-order valence-corrected chi connectivity index (χ1v) is 12.9. The third kappa shape index (κ3) is 4.85. The van der Waals surface area contributed by atoms with Gasteiger partial charge in [0.25, 0.3) is 5.01 Å². The van der Waals surface area contributed by atoms with E-state index in [0.29, 0.717) is 20.6 Å². The molecular formula is C20H16Cl2N2O3S3. The minimum atomic E-state index is -4.48. The molecule has 30 heavy (non-hydrogen) atoms. The summed E-state index contributed by atoms with van der Waals surface area (Å²) in [5.74, 6) is -0.649. The van der Waals surface area contributed by atoms with E-state index in [2.05, 4.69) is 5.32 Å². The average Bonchev–Trinajstić information content (AvgIpc) is 3.20. The van der Waals surface area contributed by atoms with Gasteiger partial charge in [0.1, 0.15) is 4.70 Å². The largest absolute Gasteiger partial charge is 0.743 e. The van der Waals surface area contributed by atoms with Crippen molar-refractivity contribution in [2.45, 2.75) is 24.1 Å². The van der Waals surface area contributed by atoms with Gasteiger partial charge in [-0.2, -0.15) is 4.57 Å². The molecule has 1 aromatic heterocycles. The second-order valence-electron chi connectivity index (χ2n) is 6.62. The lowest BCUT2D eigenvalue weighted by Crippen LogP contribution is -2.39. The van der Waals surface area contributed by atoms with E-state index in [1.807, 2.05) is 43.3 Å². The van der Waals surface area contributed by atoms with Crippen LogP contribution in [-0.4, -0.2) is 13.0 Å². The minimum Gasteiger partial charge on any atom is -0.743 e. The quantitative estimate of drug-likeness (QED) is 0.352. The standard InChI is InChI=1S/C20H16Cl2N2O3S3/c1-2-12(7-19-23-15-9-13(21)3-5-17(15)28-19)8-20-24(11-30(25,26)27)16-10-14(22)4-6-18(16)29-20/h3-10H,2,11H2,1H3,(H,25,26,27). The first kappa shape index (κ1) is 21.7. The SMILES string of the molecule is CCC(=Cc1sc2ccc(Cl)cc2[n+]1CS(=O)(=O)[O-])C=C1Nc2cc(Cl)ccc2S1. The average molecular weight is 499 g/mol. The maximum absolute atomic E-state index is 11.5. The molecule has 0 spiro atoms. The Kier molecular flexibility index (Phi) is 6.16. The first-order chi connectivity index (χ1) is 14.2. The third-order valence-corrected chi connectivity index (χ3v) is 7.61. The van der Waals surface area contributed by atoms with Crippen LogP contribution >= 0.6 is 46.3 Å². The molecule has 0 aliphatic carbocycles. The molecule has 0 saturated carbocycles. The van der Waals surface area contributed by atoms with Crippen LogP contribution < -0.4 is 9.88 Å². The molecule has 5 nitrogen and oxygen atoms in total. The number of hydrogen-bond donors (Lipinski definition) is 1. The molecule has 1 aliphatic heterocycles. The fourth-order valence-corrected chi connectivity index (χ4v) is 6.17. The Bertz CT molecular complexity index is 1310. The lowest BCUT2D eigenvalue weighted by molar-refractivity contribution is -0.649. The van der Waals surface area contributed by atoms with E-state index in [1.54, 1.807) is 23.9 Å². The van der Waals surface area contributed by atoms with Crippen molar-refractivity contribution < 1.29 is 17.5 Å². The van der Waals surface area contributed by atoms with Crippen LogP contribution in [-0.2, 0) is 16.0 Å². The van der Waals surface area contributed by atoms with Crippen LogP contribution in [0.3, 0.4) is 0 Å². The normalized spacial score (nSPS) is 15.6. The maximum Gasteiger partial charge on any atom is 0.263 e. The highest BCUT2D eigenvalue weighted by Crippen LogP contribution is 2.42.